The van der Waals surface area contributed by atoms with E-state index in [4.69, 9.17) is 0 Å². The molecular weight excluding hydrogens is 257 g/mol. The van der Waals surface area contributed by atoms with Gasteiger partial charge in [-0.1, -0.05) is 12.1 Å². The molecule has 1 aliphatic heterocycles. The molecule has 0 aliphatic carbocycles. The molecule has 0 amide bonds. The number of hydrogen-bond donors (Lipinski definition) is 1. The van der Waals surface area contributed by atoms with Gasteiger partial charge in [-0.25, -0.2) is 13.2 Å². The largest absolute Gasteiger partial charge is 0.307 e. The van der Waals surface area contributed by atoms with Crippen molar-refractivity contribution < 1.29 is 13.2 Å². The SMILES string of the molecule is Fc1ccc(C2NCCn3c(C(F)F)nnc32)cc1. The molecule has 19 heavy (non-hydrogen) atoms. The van der Waals surface area contributed by atoms with Crippen LogP contribution in [0.4, 0.5) is 13.2 Å². The van der Waals surface area contributed by atoms with E-state index in [1.807, 2.05) is 0 Å². The maximum atomic E-state index is 12.9. The fourth-order valence-electron chi connectivity index (χ4n) is 2.27. The third kappa shape index (κ3) is 2.10. The normalized spacial score (nSPS) is 18.6. The molecular formula is C12H11F3N4. The molecule has 0 saturated carbocycles. The van der Waals surface area contributed by atoms with Crippen LogP contribution < -0.4 is 5.32 Å². The van der Waals surface area contributed by atoms with Gasteiger partial charge >= 0.3 is 0 Å². The van der Waals surface area contributed by atoms with Crippen molar-refractivity contribution in [2.75, 3.05) is 6.54 Å². The summed E-state index contributed by atoms with van der Waals surface area (Å²) in [6, 6.07) is 5.55. The van der Waals surface area contributed by atoms with Gasteiger partial charge in [-0.3, -0.25) is 0 Å². The van der Waals surface area contributed by atoms with Crippen molar-refractivity contribution in [3.8, 4) is 0 Å². The summed E-state index contributed by atoms with van der Waals surface area (Å²) in [6.45, 7) is 0.937. The van der Waals surface area contributed by atoms with Crippen molar-refractivity contribution in [3.05, 3.63) is 47.3 Å². The first-order valence-electron chi connectivity index (χ1n) is 5.87. The van der Waals surface area contributed by atoms with Crippen molar-refractivity contribution in [2.24, 2.45) is 0 Å². The summed E-state index contributed by atoms with van der Waals surface area (Å²) < 4.78 is 39.9. The van der Waals surface area contributed by atoms with Gasteiger partial charge in [0.1, 0.15) is 5.82 Å². The van der Waals surface area contributed by atoms with E-state index in [2.05, 4.69) is 15.5 Å². The number of benzene rings is 1. The van der Waals surface area contributed by atoms with Crippen molar-refractivity contribution in [1.29, 1.82) is 0 Å². The summed E-state index contributed by atoms with van der Waals surface area (Å²) in [7, 11) is 0. The van der Waals surface area contributed by atoms with E-state index in [1.54, 1.807) is 12.1 Å². The Hall–Kier alpha value is -1.89. The number of alkyl halides is 2. The van der Waals surface area contributed by atoms with E-state index in [9.17, 15) is 13.2 Å². The van der Waals surface area contributed by atoms with Crippen molar-refractivity contribution in [2.45, 2.75) is 19.0 Å². The molecule has 1 atom stereocenters. The zero-order chi connectivity index (χ0) is 13.4. The van der Waals surface area contributed by atoms with Crippen LogP contribution in [0.2, 0.25) is 0 Å². The zero-order valence-corrected chi connectivity index (χ0v) is 9.85. The highest BCUT2D eigenvalue weighted by molar-refractivity contribution is 5.26. The smallest absolute Gasteiger partial charge is 0.297 e. The van der Waals surface area contributed by atoms with Gasteiger partial charge in [-0.2, -0.15) is 0 Å². The molecule has 0 saturated heterocycles. The quantitative estimate of drug-likeness (QED) is 0.906. The van der Waals surface area contributed by atoms with Gasteiger partial charge in [-0.15, -0.1) is 10.2 Å². The van der Waals surface area contributed by atoms with Crippen LogP contribution in [-0.2, 0) is 6.54 Å². The second-order valence-corrected chi connectivity index (χ2v) is 4.31. The van der Waals surface area contributed by atoms with E-state index < -0.39 is 6.43 Å². The van der Waals surface area contributed by atoms with E-state index in [0.717, 1.165) is 5.56 Å². The Morgan fingerprint density at radius 3 is 2.63 bits per heavy atom. The van der Waals surface area contributed by atoms with Crippen LogP contribution in [0.25, 0.3) is 0 Å². The van der Waals surface area contributed by atoms with E-state index >= 15 is 0 Å². The highest BCUT2D eigenvalue weighted by Gasteiger charge is 2.28. The van der Waals surface area contributed by atoms with Gasteiger partial charge in [0.15, 0.2) is 11.6 Å². The van der Waals surface area contributed by atoms with Gasteiger partial charge < -0.3 is 9.88 Å². The lowest BCUT2D eigenvalue weighted by Crippen LogP contribution is -2.35. The van der Waals surface area contributed by atoms with Gasteiger partial charge in [0.25, 0.3) is 6.43 Å². The lowest BCUT2D eigenvalue weighted by atomic mass is 10.0. The summed E-state index contributed by atoms with van der Waals surface area (Å²) >= 11 is 0. The fraction of sp³-hybridized carbons (Fsp3) is 0.333. The molecule has 1 unspecified atom stereocenters. The predicted octanol–water partition coefficient (Wildman–Crippen LogP) is 2.05. The van der Waals surface area contributed by atoms with E-state index in [0.29, 0.717) is 18.9 Å². The molecule has 2 heterocycles. The highest BCUT2D eigenvalue weighted by atomic mass is 19.3. The molecule has 0 radical (unpaired) electrons. The second-order valence-electron chi connectivity index (χ2n) is 4.31. The lowest BCUT2D eigenvalue weighted by molar-refractivity contribution is 0.133. The van der Waals surface area contributed by atoms with E-state index in [-0.39, 0.29) is 17.7 Å². The molecule has 1 aliphatic rings. The van der Waals surface area contributed by atoms with Crippen LogP contribution in [0.5, 0.6) is 0 Å². The van der Waals surface area contributed by atoms with Crippen molar-refractivity contribution in [1.82, 2.24) is 20.1 Å². The summed E-state index contributed by atoms with van der Waals surface area (Å²) in [5.41, 5.74) is 0.774. The summed E-state index contributed by atoms with van der Waals surface area (Å²) in [6.07, 6.45) is -2.65. The maximum Gasteiger partial charge on any atom is 0.297 e. The van der Waals surface area contributed by atoms with Crippen LogP contribution in [0.15, 0.2) is 24.3 Å². The minimum atomic E-state index is -2.65. The lowest BCUT2D eigenvalue weighted by Gasteiger charge is -2.25. The van der Waals surface area contributed by atoms with Crippen LogP contribution in [0.1, 0.15) is 29.7 Å². The van der Waals surface area contributed by atoms with Crippen LogP contribution in [0.3, 0.4) is 0 Å². The Morgan fingerprint density at radius 1 is 1.21 bits per heavy atom. The summed E-state index contributed by atoms with van der Waals surface area (Å²) in [5, 5.41) is 10.5. The first-order chi connectivity index (χ1) is 9.16. The fourth-order valence-corrected chi connectivity index (χ4v) is 2.27. The standard InChI is InChI=1S/C12H11F3N4/c13-8-3-1-7(2-4-8)9-11-17-18-12(10(14)15)19(11)6-5-16-9/h1-4,9-10,16H,5-6H2. The minimum absolute atomic E-state index is 0.316. The average Bonchev–Trinajstić information content (AvgIpc) is 2.83. The minimum Gasteiger partial charge on any atom is -0.307 e. The number of halogens is 3. The Balaban J connectivity index is 2.01. The Bertz CT molecular complexity index is 579. The third-order valence-corrected chi connectivity index (χ3v) is 3.15. The van der Waals surface area contributed by atoms with Crippen molar-refractivity contribution >= 4 is 0 Å². The predicted molar refractivity (Wildman–Crippen MR) is 61.2 cm³/mol. The zero-order valence-electron chi connectivity index (χ0n) is 9.85. The number of nitrogens with zero attached hydrogens (tertiary/aromatic N) is 3. The number of hydrogen-bond acceptors (Lipinski definition) is 3. The second kappa shape index (κ2) is 4.65. The van der Waals surface area contributed by atoms with Gasteiger partial charge in [0, 0.05) is 13.1 Å². The molecule has 1 aromatic heterocycles. The van der Waals surface area contributed by atoms with Gasteiger partial charge in [0.05, 0.1) is 6.04 Å². The first kappa shape index (κ1) is 12.2. The van der Waals surface area contributed by atoms with Gasteiger partial charge in [-0.05, 0) is 17.7 Å². The molecule has 3 rings (SSSR count). The first-order valence-corrected chi connectivity index (χ1v) is 5.87. The van der Waals surface area contributed by atoms with Crippen LogP contribution >= 0.6 is 0 Å². The van der Waals surface area contributed by atoms with Crippen molar-refractivity contribution in [3.63, 3.8) is 0 Å². The Labute approximate surface area is 107 Å². The third-order valence-electron chi connectivity index (χ3n) is 3.15. The molecule has 7 heteroatoms. The summed E-state index contributed by atoms with van der Waals surface area (Å²) in [5.74, 6) is -0.217. The molecule has 1 aromatic carbocycles. The molecule has 100 valence electrons. The number of fused-ring (bicyclic) bond motifs is 1. The molecule has 2 aromatic rings. The number of aromatic nitrogens is 3. The number of nitrogens with one attached hydrogen (secondary N) is 1. The molecule has 4 nitrogen and oxygen atoms in total. The number of rotatable bonds is 2. The van der Waals surface area contributed by atoms with Crippen LogP contribution in [0, 0.1) is 5.82 Å². The average molecular weight is 268 g/mol. The molecule has 0 bridgehead atoms. The maximum absolute atomic E-state index is 12.9. The Kier molecular flexibility index (Phi) is 2.98. The van der Waals surface area contributed by atoms with E-state index in [1.165, 1.54) is 16.7 Å². The topological polar surface area (TPSA) is 42.7 Å². The molecule has 1 N–H and O–H groups in total. The van der Waals surface area contributed by atoms with Crippen LogP contribution in [-0.4, -0.2) is 21.3 Å². The molecule has 0 spiro atoms. The molecule has 0 fully saturated rings. The monoisotopic (exact) mass is 268 g/mol. The Morgan fingerprint density at radius 2 is 1.95 bits per heavy atom. The summed E-state index contributed by atoms with van der Waals surface area (Å²) in [4.78, 5) is 0. The van der Waals surface area contributed by atoms with Gasteiger partial charge in [0.2, 0.25) is 0 Å². The highest BCUT2D eigenvalue weighted by Crippen LogP contribution is 2.27.